The van der Waals surface area contributed by atoms with Crippen molar-refractivity contribution in [3.05, 3.63) is 57.3 Å². The maximum absolute atomic E-state index is 13.3. The van der Waals surface area contributed by atoms with Gasteiger partial charge in [-0.25, -0.2) is 0 Å². The summed E-state index contributed by atoms with van der Waals surface area (Å²) in [5, 5.41) is 7.23. The van der Waals surface area contributed by atoms with Gasteiger partial charge in [-0.3, -0.25) is 4.79 Å². The first-order chi connectivity index (χ1) is 13.4. The van der Waals surface area contributed by atoms with E-state index < -0.39 is 0 Å². The largest absolute Gasteiger partial charge is 0.391 e. The minimum absolute atomic E-state index is 0.0106. The van der Waals surface area contributed by atoms with E-state index in [-0.39, 0.29) is 5.91 Å². The second-order valence-electron chi connectivity index (χ2n) is 7.37. The molecule has 4 heteroatoms. The van der Waals surface area contributed by atoms with Crippen molar-refractivity contribution in [3.63, 3.8) is 0 Å². The highest BCUT2D eigenvalue weighted by Gasteiger charge is 2.22. The maximum Gasteiger partial charge on any atom is 0.251 e. The fourth-order valence-corrected chi connectivity index (χ4v) is 3.41. The molecule has 0 heterocycles. The van der Waals surface area contributed by atoms with Crippen LogP contribution in [0, 0.1) is 5.92 Å². The quantitative estimate of drug-likeness (QED) is 0.331. The summed E-state index contributed by atoms with van der Waals surface area (Å²) in [6.45, 7) is 11.3. The van der Waals surface area contributed by atoms with Crippen molar-refractivity contribution < 1.29 is 4.79 Å². The number of allylic oxidation sites excluding steroid dienone is 2. The summed E-state index contributed by atoms with van der Waals surface area (Å²) in [5.74, 6) is 0.400. The van der Waals surface area contributed by atoms with Crippen LogP contribution in [0.4, 0.5) is 0 Å². The Balaban J connectivity index is 3.25. The number of nitrogens with one attached hydrogen (secondary N) is 2. The lowest BCUT2D eigenvalue weighted by atomic mass is 9.88. The Bertz CT molecular complexity index is 689. The molecule has 3 nitrogen and oxygen atoms in total. The van der Waals surface area contributed by atoms with E-state index in [4.69, 9.17) is 11.6 Å². The first-order valence-electron chi connectivity index (χ1n) is 10.5. The lowest BCUT2D eigenvalue weighted by Gasteiger charge is -2.23. The lowest BCUT2D eigenvalue weighted by molar-refractivity contribution is -0.117. The van der Waals surface area contributed by atoms with E-state index in [0.717, 1.165) is 48.8 Å². The number of halogens is 1. The van der Waals surface area contributed by atoms with Crippen LogP contribution in [0.2, 0.25) is 5.02 Å². The summed E-state index contributed by atoms with van der Waals surface area (Å²) in [5.41, 5.74) is 5.40. The second kappa shape index (κ2) is 12.7. The monoisotopic (exact) mass is 404 g/mol. The molecule has 0 saturated heterocycles. The Hall–Kier alpha value is -1.74. The van der Waals surface area contributed by atoms with Gasteiger partial charge in [-0.1, -0.05) is 63.4 Å². The van der Waals surface area contributed by atoms with Gasteiger partial charge in [-0.15, -0.1) is 0 Å². The van der Waals surface area contributed by atoms with Crippen LogP contribution in [-0.2, 0) is 11.3 Å². The molecule has 0 aliphatic rings. The van der Waals surface area contributed by atoms with Crippen molar-refractivity contribution in [2.45, 2.75) is 73.3 Å². The topological polar surface area (TPSA) is 41.1 Å². The third kappa shape index (κ3) is 7.01. The molecule has 1 atom stereocenters. The average Bonchev–Trinajstić information content (AvgIpc) is 2.71. The highest BCUT2D eigenvalue weighted by molar-refractivity contribution is 6.30. The fraction of sp³-hybridized carbons (Fsp3) is 0.542. The number of unbranched alkanes of at least 4 members (excludes halogenated alkanes) is 1. The van der Waals surface area contributed by atoms with Crippen molar-refractivity contribution >= 4 is 17.5 Å². The van der Waals surface area contributed by atoms with Gasteiger partial charge in [-0.05, 0) is 61.8 Å². The van der Waals surface area contributed by atoms with Crippen molar-refractivity contribution in [3.8, 4) is 0 Å². The van der Waals surface area contributed by atoms with E-state index in [1.54, 1.807) is 0 Å². The third-order valence-corrected chi connectivity index (χ3v) is 5.58. The van der Waals surface area contributed by atoms with Gasteiger partial charge in [0.15, 0.2) is 0 Å². The van der Waals surface area contributed by atoms with E-state index in [9.17, 15) is 4.79 Å². The van der Waals surface area contributed by atoms with Crippen LogP contribution in [-0.4, -0.2) is 13.0 Å². The molecule has 0 fully saturated rings. The molecule has 28 heavy (non-hydrogen) atoms. The van der Waals surface area contributed by atoms with Gasteiger partial charge in [0, 0.05) is 29.9 Å². The smallest absolute Gasteiger partial charge is 0.251 e. The Morgan fingerprint density at radius 2 is 1.79 bits per heavy atom. The molecule has 1 unspecified atom stereocenters. The minimum atomic E-state index is 0.0106. The Morgan fingerprint density at radius 1 is 1.14 bits per heavy atom. The van der Waals surface area contributed by atoms with Crippen LogP contribution >= 0.6 is 11.6 Å². The molecule has 1 aromatic rings. The molecule has 0 spiro atoms. The summed E-state index contributed by atoms with van der Waals surface area (Å²) in [6.07, 6.45) is 4.99. The third-order valence-electron chi connectivity index (χ3n) is 5.33. The van der Waals surface area contributed by atoms with Crippen molar-refractivity contribution in [1.82, 2.24) is 10.6 Å². The molecule has 0 aliphatic heterocycles. The van der Waals surface area contributed by atoms with E-state index >= 15 is 0 Å². The van der Waals surface area contributed by atoms with Crippen LogP contribution < -0.4 is 10.6 Å². The van der Waals surface area contributed by atoms with Gasteiger partial charge in [0.2, 0.25) is 0 Å². The summed E-state index contributed by atoms with van der Waals surface area (Å²) in [7, 11) is 1.97. The summed E-state index contributed by atoms with van der Waals surface area (Å²) >= 11 is 5.96. The normalized spacial score (nSPS) is 14.1. The number of hydrogen-bond acceptors (Lipinski definition) is 2. The number of carbonyl (C=O) groups is 1. The highest BCUT2D eigenvalue weighted by Crippen LogP contribution is 2.29. The standard InChI is InChI=1S/C24H37ClN2O/c1-7-10-11-21(23(26-6)18(5)9-3)22(17(4)8-2)24(28)27-16-19-12-14-20(25)15-13-19/h12-15,18,26H,7-11,16H2,1-6H3,(H,27,28)/b22-17?,23-21-. The van der Waals surface area contributed by atoms with Crippen molar-refractivity contribution in [2.24, 2.45) is 5.92 Å². The van der Waals surface area contributed by atoms with Gasteiger partial charge in [0.05, 0.1) is 0 Å². The van der Waals surface area contributed by atoms with Gasteiger partial charge in [0.1, 0.15) is 0 Å². The zero-order valence-corrected chi connectivity index (χ0v) is 19.2. The van der Waals surface area contributed by atoms with Gasteiger partial charge in [0.25, 0.3) is 5.91 Å². The van der Waals surface area contributed by atoms with E-state index in [1.165, 1.54) is 11.3 Å². The number of carbonyl (C=O) groups excluding carboxylic acids is 1. The Morgan fingerprint density at radius 3 is 2.29 bits per heavy atom. The molecule has 0 aromatic heterocycles. The summed E-state index contributed by atoms with van der Waals surface area (Å²) < 4.78 is 0. The van der Waals surface area contributed by atoms with E-state index in [2.05, 4.69) is 45.3 Å². The predicted octanol–water partition coefficient (Wildman–Crippen LogP) is 6.39. The summed E-state index contributed by atoms with van der Waals surface area (Å²) in [4.78, 5) is 13.3. The molecule has 2 N–H and O–H groups in total. The Kier molecular flexibility index (Phi) is 11.0. The van der Waals surface area contributed by atoms with E-state index in [0.29, 0.717) is 17.5 Å². The maximum atomic E-state index is 13.3. The molecule has 1 rings (SSSR count). The Labute approximate surface area is 176 Å². The van der Waals surface area contributed by atoms with Crippen LogP contribution in [0.25, 0.3) is 0 Å². The van der Waals surface area contributed by atoms with Gasteiger partial charge >= 0.3 is 0 Å². The lowest BCUT2D eigenvalue weighted by Crippen LogP contribution is -2.28. The molecular weight excluding hydrogens is 368 g/mol. The molecule has 0 saturated carbocycles. The van der Waals surface area contributed by atoms with Gasteiger partial charge in [-0.2, -0.15) is 0 Å². The number of rotatable bonds is 11. The van der Waals surface area contributed by atoms with Crippen molar-refractivity contribution in [2.75, 3.05) is 7.05 Å². The number of benzene rings is 1. The number of hydrogen-bond donors (Lipinski definition) is 2. The first kappa shape index (κ1) is 24.3. The predicted molar refractivity (Wildman–Crippen MR) is 121 cm³/mol. The molecule has 0 bridgehead atoms. The molecule has 1 amide bonds. The van der Waals surface area contributed by atoms with Crippen LogP contribution in [0.5, 0.6) is 0 Å². The van der Waals surface area contributed by atoms with Crippen LogP contribution in [0.1, 0.15) is 72.3 Å². The fourth-order valence-electron chi connectivity index (χ4n) is 3.28. The molecule has 1 aromatic carbocycles. The second-order valence-corrected chi connectivity index (χ2v) is 7.81. The van der Waals surface area contributed by atoms with Crippen LogP contribution in [0.15, 0.2) is 46.7 Å². The minimum Gasteiger partial charge on any atom is -0.391 e. The SMILES string of the molecule is CCCC/C(C(C(=O)NCc1ccc(Cl)cc1)=C(C)CC)=C(/NC)C(C)CC. The van der Waals surface area contributed by atoms with Gasteiger partial charge < -0.3 is 10.6 Å². The molecular formula is C24H37ClN2O. The first-order valence-corrected chi connectivity index (χ1v) is 10.9. The average molecular weight is 405 g/mol. The van der Waals surface area contributed by atoms with Crippen LogP contribution in [0.3, 0.4) is 0 Å². The van der Waals surface area contributed by atoms with Crippen molar-refractivity contribution in [1.29, 1.82) is 0 Å². The zero-order valence-electron chi connectivity index (χ0n) is 18.4. The summed E-state index contributed by atoms with van der Waals surface area (Å²) in [6, 6.07) is 7.60. The highest BCUT2D eigenvalue weighted by atomic mass is 35.5. The number of amides is 1. The molecule has 0 radical (unpaired) electrons. The molecule has 0 aliphatic carbocycles. The zero-order chi connectivity index (χ0) is 21.1. The van der Waals surface area contributed by atoms with E-state index in [1.807, 2.05) is 31.3 Å². The molecule has 156 valence electrons.